The number of thiazole rings is 1. The summed E-state index contributed by atoms with van der Waals surface area (Å²) < 4.78 is 28.9. The summed E-state index contributed by atoms with van der Waals surface area (Å²) in [6.07, 6.45) is 0. The fourth-order valence-corrected chi connectivity index (χ4v) is 2.38. The number of anilines is 1. The van der Waals surface area contributed by atoms with E-state index in [9.17, 15) is 13.6 Å². The second-order valence-corrected chi connectivity index (χ2v) is 5.05. The van der Waals surface area contributed by atoms with Crippen molar-refractivity contribution in [1.29, 1.82) is 0 Å². The van der Waals surface area contributed by atoms with Gasteiger partial charge in [0, 0.05) is 11.4 Å². The fraction of sp³-hybridized carbons (Fsp3) is 0.231. The number of hydrogen-bond acceptors (Lipinski definition) is 5. The Morgan fingerprint density at radius 1 is 1.43 bits per heavy atom. The van der Waals surface area contributed by atoms with E-state index in [1.807, 2.05) is 0 Å². The minimum absolute atomic E-state index is 0.00958. The van der Waals surface area contributed by atoms with Gasteiger partial charge in [-0.05, 0) is 19.1 Å². The third kappa shape index (κ3) is 3.96. The molecule has 0 fully saturated rings. The minimum atomic E-state index is -3.00. The van der Waals surface area contributed by atoms with E-state index in [-0.39, 0.29) is 17.4 Å². The van der Waals surface area contributed by atoms with Gasteiger partial charge in [-0.3, -0.25) is 10.1 Å². The van der Waals surface area contributed by atoms with E-state index in [1.54, 1.807) is 18.4 Å². The van der Waals surface area contributed by atoms with E-state index < -0.39 is 12.5 Å². The van der Waals surface area contributed by atoms with Crippen LogP contribution in [0.15, 0.2) is 29.6 Å². The smallest absolute Gasteiger partial charge is 0.387 e. The molecule has 0 spiro atoms. The number of nitrogens with one attached hydrogen (secondary N) is 1. The van der Waals surface area contributed by atoms with Gasteiger partial charge in [0.25, 0.3) is 5.91 Å². The maximum Gasteiger partial charge on any atom is 0.387 e. The van der Waals surface area contributed by atoms with Crippen molar-refractivity contribution in [3.63, 3.8) is 0 Å². The van der Waals surface area contributed by atoms with Gasteiger partial charge in [-0.2, -0.15) is 8.78 Å². The Morgan fingerprint density at radius 3 is 2.76 bits per heavy atom. The molecule has 5 nitrogen and oxygen atoms in total. The number of nitrogens with zero attached hydrogens (tertiary/aromatic N) is 1. The van der Waals surface area contributed by atoms with E-state index in [0.717, 1.165) is 0 Å². The van der Waals surface area contributed by atoms with Gasteiger partial charge in [-0.25, -0.2) is 4.98 Å². The van der Waals surface area contributed by atoms with E-state index in [4.69, 9.17) is 5.73 Å². The third-order valence-electron chi connectivity index (χ3n) is 2.56. The molecule has 0 saturated heterocycles. The number of hydrogen-bond donors (Lipinski definition) is 2. The SMILES string of the molecule is CC(N)c1csc(NC(=O)c2ccccc2OC(F)F)n1. The van der Waals surface area contributed by atoms with Gasteiger partial charge in [-0.1, -0.05) is 12.1 Å². The Balaban J connectivity index is 2.16. The lowest BCUT2D eigenvalue weighted by Crippen LogP contribution is -2.15. The lowest BCUT2D eigenvalue weighted by atomic mass is 10.2. The van der Waals surface area contributed by atoms with Crippen LogP contribution in [0.2, 0.25) is 0 Å². The zero-order valence-corrected chi connectivity index (χ0v) is 11.9. The molecule has 0 aliphatic rings. The molecule has 1 heterocycles. The number of rotatable bonds is 5. The number of carbonyl (C=O) groups is 1. The first kappa shape index (κ1) is 15.3. The predicted molar refractivity (Wildman–Crippen MR) is 75.7 cm³/mol. The number of carbonyl (C=O) groups excluding carboxylic acids is 1. The number of amides is 1. The van der Waals surface area contributed by atoms with Crippen molar-refractivity contribution in [2.24, 2.45) is 5.73 Å². The highest BCUT2D eigenvalue weighted by molar-refractivity contribution is 7.14. The first-order chi connectivity index (χ1) is 9.97. The van der Waals surface area contributed by atoms with Crippen molar-refractivity contribution in [2.45, 2.75) is 19.6 Å². The van der Waals surface area contributed by atoms with Gasteiger partial charge in [0.05, 0.1) is 11.3 Å². The largest absolute Gasteiger partial charge is 0.434 e. The standard InChI is InChI=1S/C13H13F2N3O2S/c1-7(16)9-6-21-13(17-9)18-11(19)8-4-2-3-5-10(8)20-12(14)15/h2-7,12H,16H2,1H3,(H,17,18,19). The van der Waals surface area contributed by atoms with Crippen LogP contribution in [-0.4, -0.2) is 17.5 Å². The van der Waals surface area contributed by atoms with Crippen LogP contribution in [0.3, 0.4) is 0 Å². The molecular formula is C13H13F2N3O2S. The topological polar surface area (TPSA) is 77.2 Å². The summed E-state index contributed by atoms with van der Waals surface area (Å²) >= 11 is 1.21. The van der Waals surface area contributed by atoms with Crippen molar-refractivity contribution in [2.75, 3.05) is 5.32 Å². The molecule has 21 heavy (non-hydrogen) atoms. The van der Waals surface area contributed by atoms with Crippen LogP contribution in [0.25, 0.3) is 0 Å². The number of alkyl halides is 2. The summed E-state index contributed by atoms with van der Waals surface area (Å²) in [6.45, 7) is -1.23. The number of benzene rings is 1. The molecular weight excluding hydrogens is 300 g/mol. The Bertz CT molecular complexity index is 631. The number of ether oxygens (including phenoxy) is 1. The molecule has 0 radical (unpaired) electrons. The second kappa shape index (κ2) is 6.59. The zero-order valence-electron chi connectivity index (χ0n) is 11.0. The molecule has 8 heteroatoms. The van der Waals surface area contributed by atoms with E-state index in [1.165, 1.54) is 29.5 Å². The first-order valence-corrected chi connectivity index (χ1v) is 6.91. The van der Waals surface area contributed by atoms with Crippen LogP contribution in [0.5, 0.6) is 5.75 Å². The monoisotopic (exact) mass is 313 g/mol. The first-order valence-electron chi connectivity index (χ1n) is 6.03. The quantitative estimate of drug-likeness (QED) is 0.889. The predicted octanol–water partition coefficient (Wildman–Crippen LogP) is 3.02. The number of para-hydroxylation sites is 1. The van der Waals surface area contributed by atoms with Crippen LogP contribution in [0, 0.1) is 0 Å². The van der Waals surface area contributed by atoms with E-state index in [0.29, 0.717) is 10.8 Å². The van der Waals surface area contributed by atoms with Crippen LogP contribution >= 0.6 is 11.3 Å². The molecule has 1 unspecified atom stereocenters. The molecule has 1 atom stereocenters. The summed E-state index contributed by atoms with van der Waals surface area (Å²) in [6, 6.07) is 5.51. The zero-order chi connectivity index (χ0) is 15.4. The molecule has 2 rings (SSSR count). The molecule has 2 aromatic rings. The van der Waals surface area contributed by atoms with Crippen LogP contribution < -0.4 is 15.8 Å². The van der Waals surface area contributed by atoms with Crippen molar-refractivity contribution >= 4 is 22.4 Å². The van der Waals surface area contributed by atoms with Gasteiger partial charge in [0.2, 0.25) is 0 Å². The molecule has 3 N–H and O–H groups in total. The lowest BCUT2D eigenvalue weighted by molar-refractivity contribution is -0.0501. The summed E-state index contributed by atoms with van der Waals surface area (Å²) in [5.74, 6) is -0.759. The van der Waals surface area contributed by atoms with Crippen molar-refractivity contribution in [3.05, 3.63) is 40.9 Å². The van der Waals surface area contributed by atoms with Crippen molar-refractivity contribution in [1.82, 2.24) is 4.98 Å². The highest BCUT2D eigenvalue weighted by Crippen LogP contribution is 2.23. The van der Waals surface area contributed by atoms with Gasteiger partial charge in [0.1, 0.15) is 5.75 Å². The second-order valence-electron chi connectivity index (χ2n) is 4.19. The highest BCUT2D eigenvalue weighted by atomic mass is 32.1. The fourth-order valence-electron chi connectivity index (χ4n) is 1.57. The Labute approximate surface area is 123 Å². The third-order valence-corrected chi connectivity index (χ3v) is 3.33. The van der Waals surface area contributed by atoms with E-state index in [2.05, 4.69) is 15.0 Å². The minimum Gasteiger partial charge on any atom is -0.434 e. The number of halogens is 2. The molecule has 1 aromatic heterocycles. The summed E-state index contributed by atoms with van der Waals surface area (Å²) in [7, 11) is 0. The van der Waals surface area contributed by atoms with Crippen LogP contribution in [0.1, 0.15) is 29.0 Å². The summed E-state index contributed by atoms with van der Waals surface area (Å²) in [4.78, 5) is 16.2. The maximum atomic E-state index is 12.3. The van der Waals surface area contributed by atoms with Crippen LogP contribution in [0.4, 0.5) is 13.9 Å². The molecule has 0 aliphatic heterocycles. The lowest BCUT2D eigenvalue weighted by Gasteiger charge is -2.09. The molecule has 0 saturated carbocycles. The molecule has 1 amide bonds. The summed E-state index contributed by atoms with van der Waals surface area (Å²) in [5.41, 5.74) is 6.33. The molecule has 0 aliphatic carbocycles. The highest BCUT2D eigenvalue weighted by Gasteiger charge is 2.16. The maximum absolute atomic E-state index is 12.3. The van der Waals surface area contributed by atoms with Crippen molar-refractivity contribution < 1.29 is 18.3 Å². The van der Waals surface area contributed by atoms with Gasteiger partial charge in [0.15, 0.2) is 5.13 Å². The number of aromatic nitrogens is 1. The Morgan fingerprint density at radius 2 is 2.14 bits per heavy atom. The van der Waals surface area contributed by atoms with E-state index >= 15 is 0 Å². The van der Waals surface area contributed by atoms with Gasteiger partial charge >= 0.3 is 6.61 Å². The molecule has 112 valence electrons. The van der Waals surface area contributed by atoms with Gasteiger partial charge < -0.3 is 10.5 Å². The molecule has 1 aromatic carbocycles. The summed E-state index contributed by atoms with van der Waals surface area (Å²) in [5, 5.41) is 4.61. The normalized spacial score (nSPS) is 12.2. The Hall–Kier alpha value is -2.06. The average molecular weight is 313 g/mol. The molecule has 0 bridgehead atoms. The van der Waals surface area contributed by atoms with Crippen molar-refractivity contribution in [3.8, 4) is 5.75 Å². The number of nitrogens with two attached hydrogens (primary N) is 1. The van der Waals surface area contributed by atoms with Crippen LogP contribution in [-0.2, 0) is 0 Å². The Kier molecular flexibility index (Phi) is 4.81. The average Bonchev–Trinajstić information content (AvgIpc) is 2.87. The van der Waals surface area contributed by atoms with Gasteiger partial charge in [-0.15, -0.1) is 11.3 Å².